The Labute approximate surface area is 190 Å². The highest BCUT2D eigenvalue weighted by Crippen LogP contribution is 2.19. The Bertz CT molecular complexity index is 989. The third-order valence-corrected chi connectivity index (χ3v) is 6.77. The second-order valence-electron chi connectivity index (χ2n) is 7.89. The summed E-state index contributed by atoms with van der Waals surface area (Å²) in [6.07, 6.45) is 2.68. The van der Waals surface area contributed by atoms with Gasteiger partial charge < -0.3 is 20.5 Å². The van der Waals surface area contributed by atoms with Gasteiger partial charge in [0.05, 0.1) is 11.8 Å². The van der Waals surface area contributed by atoms with Gasteiger partial charge in [0, 0.05) is 5.56 Å². The topological polar surface area (TPSA) is 127 Å². The van der Waals surface area contributed by atoms with Crippen LogP contribution in [0.1, 0.15) is 30.9 Å². The number of piperidine rings is 1. The molecule has 0 saturated carbocycles. The Hall–Kier alpha value is -2.62. The molecular formula is C23H32N4O4S. The van der Waals surface area contributed by atoms with Crippen LogP contribution >= 0.6 is 0 Å². The molecule has 8 nitrogen and oxygen atoms in total. The quantitative estimate of drug-likeness (QED) is 0.300. The van der Waals surface area contributed by atoms with E-state index >= 15 is 0 Å². The van der Waals surface area contributed by atoms with Gasteiger partial charge in [-0.2, -0.15) is 0 Å². The van der Waals surface area contributed by atoms with Gasteiger partial charge in [-0.1, -0.05) is 24.3 Å². The van der Waals surface area contributed by atoms with Gasteiger partial charge >= 0.3 is 0 Å². The van der Waals surface area contributed by atoms with Crippen LogP contribution in [0.3, 0.4) is 0 Å². The number of benzene rings is 2. The van der Waals surface area contributed by atoms with Crippen LogP contribution < -0.4 is 25.2 Å². The highest BCUT2D eigenvalue weighted by atomic mass is 32.2. The molecule has 0 amide bonds. The molecule has 0 radical (unpaired) electrons. The van der Waals surface area contributed by atoms with Crippen molar-refractivity contribution in [3.05, 3.63) is 59.7 Å². The van der Waals surface area contributed by atoms with Crippen LogP contribution in [0.5, 0.6) is 11.5 Å². The molecule has 1 atom stereocenters. The lowest BCUT2D eigenvalue weighted by Gasteiger charge is -2.24. The summed E-state index contributed by atoms with van der Waals surface area (Å²) in [7, 11) is -3.41. The number of hydrogen-bond donors (Lipinski definition) is 4. The van der Waals surface area contributed by atoms with Crippen molar-refractivity contribution in [3.63, 3.8) is 0 Å². The fraction of sp³-hybridized carbons (Fsp3) is 0.435. The van der Waals surface area contributed by atoms with Crippen LogP contribution in [0, 0.1) is 5.41 Å². The summed E-state index contributed by atoms with van der Waals surface area (Å²) in [5, 5.41) is 10.9. The molecule has 1 aliphatic rings. The molecule has 2 aromatic rings. The molecule has 1 aliphatic heterocycles. The molecule has 32 heavy (non-hydrogen) atoms. The van der Waals surface area contributed by atoms with E-state index in [1.807, 2.05) is 24.3 Å². The second-order valence-corrected chi connectivity index (χ2v) is 9.93. The lowest BCUT2D eigenvalue weighted by molar-refractivity contribution is 0.162. The number of ether oxygens (including phenoxy) is 2. The number of amidine groups is 1. The number of nitrogen functional groups attached to an aromatic ring is 1. The van der Waals surface area contributed by atoms with Crippen LogP contribution in [-0.2, 0) is 16.4 Å². The summed E-state index contributed by atoms with van der Waals surface area (Å²) >= 11 is 0. The Kier molecular flexibility index (Phi) is 8.49. The van der Waals surface area contributed by atoms with Gasteiger partial charge in [0.1, 0.15) is 30.0 Å². The third kappa shape index (κ3) is 7.51. The average molecular weight is 461 g/mol. The van der Waals surface area contributed by atoms with E-state index in [4.69, 9.17) is 20.6 Å². The zero-order chi connectivity index (χ0) is 23.0. The van der Waals surface area contributed by atoms with E-state index in [1.54, 1.807) is 31.2 Å². The van der Waals surface area contributed by atoms with Crippen LogP contribution in [-0.4, -0.2) is 51.8 Å². The van der Waals surface area contributed by atoms with Crippen molar-refractivity contribution >= 4 is 15.9 Å². The number of nitrogens with two attached hydrogens (primary N) is 1. The molecule has 0 bridgehead atoms. The predicted molar refractivity (Wildman–Crippen MR) is 126 cm³/mol. The van der Waals surface area contributed by atoms with Crippen molar-refractivity contribution in [2.75, 3.05) is 25.4 Å². The fourth-order valence-corrected chi connectivity index (χ4v) is 4.34. The highest BCUT2D eigenvalue weighted by Gasteiger charge is 2.19. The van der Waals surface area contributed by atoms with E-state index in [0.717, 1.165) is 37.2 Å². The molecule has 0 spiro atoms. The van der Waals surface area contributed by atoms with Crippen LogP contribution in [0.15, 0.2) is 48.5 Å². The Morgan fingerprint density at radius 3 is 2.56 bits per heavy atom. The fourth-order valence-electron chi connectivity index (χ4n) is 3.52. The smallest absolute Gasteiger partial charge is 0.211 e. The first kappa shape index (κ1) is 24.0. The van der Waals surface area contributed by atoms with Gasteiger partial charge in [0.25, 0.3) is 0 Å². The molecule has 1 heterocycles. The van der Waals surface area contributed by atoms with Crippen LogP contribution in [0.4, 0.5) is 0 Å². The van der Waals surface area contributed by atoms with Gasteiger partial charge in [-0.25, -0.2) is 13.1 Å². The number of hydrogen-bond acceptors (Lipinski definition) is 6. The molecule has 1 fully saturated rings. The molecular weight excluding hydrogens is 428 g/mol. The van der Waals surface area contributed by atoms with Gasteiger partial charge in [0.15, 0.2) is 0 Å². The van der Waals surface area contributed by atoms with Gasteiger partial charge in [-0.15, -0.1) is 0 Å². The molecule has 174 valence electrons. The minimum Gasteiger partial charge on any atom is -0.492 e. The zero-order valence-electron chi connectivity index (χ0n) is 18.3. The zero-order valence-corrected chi connectivity index (χ0v) is 19.2. The summed E-state index contributed by atoms with van der Waals surface area (Å²) in [6, 6.07) is 14.2. The minimum absolute atomic E-state index is 0.00759. The van der Waals surface area contributed by atoms with Crippen molar-refractivity contribution in [2.45, 2.75) is 38.3 Å². The van der Waals surface area contributed by atoms with E-state index in [-0.39, 0.29) is 24.3 Å². The maximum atomic E-state index is 12.2. The summed E-state index contributed by atoms with van der Waals surface area (Å²) in [5.74, 6) is 1.30. The largest absolute Gasteiger partial charge is 0.492 e. The SMILES string of the molecule is CCS(=O)(=O)N[C@@H](COc1cccc(C(=N)N)c1)Cc1ccc(OC2CCNCC2)cc1. The molecule has 9 heteroatoms. The van der Waals surface area contributed by atoms with Crippen molar-refractivity contribution < 1.29 is 17.9 Å². The third-order valence-electron chi connectivity index (χ3n) is 5.32. The van der Waals surface area contributed by atoms with E-state index in [1.165, 1.54) is 0 Å². The Morgan fingerprint density at radius 1 is 1.19 bits per heavy atom. The minimum atomic E-state index is -3.41. The number of rotatable bonds is 11. The van der Waals surface area contributed by atoms with E-state index in [0.29, 0.717) is 17.7 Å². The molecule has 2 aromatic carbocycles. The van der Waals surface area contributed by atoms with Crippen LogP contribution in [0.25, 0.3) is 0 Å². The Morgan fingerprint density at radius 2 is 1.91 bits per heavy atom. The maximum absolute atomic E-state index is 12.2. The van der Waals surface area contributed by atoms with E-state index in [9.17, 15) is 8.42 Å². The highest BCUT2D eigenvalue weighted by molar-refractivity contribution is 7.89. The van der Waals surface area contributed by atoms with Gasteiger partial charge in [-0.3, -0.25) is 5.41 Å². The average Bonchev–Trinajstić information content (AvgIpc) is 2.79. The van der Waals surface area contributed by atoms with Gasteiger partial charge in [-0.05, 0) is 69.1 Å². The second kappa shape index (κ2) is 11.3. The normalized spacial score (nSPS) is 15.8. The first-order valence-electron chi connectivity index (χ1n) is 10.9. The first-order chi connectivity index (χ1) is 15.3. The summed E-state index contributed by atoms with van der Waals surface area (Å²) in [6.45, 7) is 3.69. The maximum Gasteiger partial charge on any atom is 0.211 e. The molecule has 0 aromatic heterocycles. The lowest BCUT2D eigenvalue weighted by Crippen LogP contribution is -2.41. The standard InChI is InChI=1S/C23H32N4O4S/c1-2-32(28,29)27-19(16-30-22-5-3-4-18(15-22)23(24)25)14-17-6-8-20(9-7-17)31-21-10-12-26-13-11-21/h3-9,15,19,21,26-27H,2,10-14,16H2,1H3,(H3,24,25)/t19-/m1/s1. The Balaban J connectivity index is 1.64. The summed E-state index contributed by atoms with van der Waals surface area (Å²) in [4.78, 5) is 0. The monoisotopic (exact) mass is 460 g/mol. The van der Waals surface area contributed by atoms with E-state index < -0.39 is 16.1 Å². The summed E-state index contributed by atoms with van der Waals surface area (Å²) in [5.41, 5.74) is 7.07. The molecule has 3 rings (SSSR count). The number of nitrogens with one attached hydrogen (secondary N) is 3. The van der Waals surface area contributed by atoms with Crippen molar-refractivity contribution in [1.82, 2.24) is 10.0 Å². The van der Waals surface area contributed by atoms with Crippen molar-refractivity contribution in [1.29, 1.82) is 5.41 Å². The van der Waals surface area contributed by atoms with Crippen molar-refractivity contribution in [3.8, 4) is 11.5 Å². The van der Waals surface area contributed by atoms with Gasteiger partial charge in [0.2, 0.25) is 10.0 Å². The van der Waals surface area contributed by atoms with Crippen molar-refractivity contribution in [2.24, 2.45) is 5.73 Å². The predicted octanol–water partition coefficient (Wildman–Crippen LogP) is 2.03. The molecule has 0 aliphatic carbocycles. The first-order valence-corrected chi connectivity index (χ1v) is 12.5. The summed E-state index contributed by atoms with van der Waals surface area (Å²) < 4.78 is 39.0. The molecule has 0 unspecified atom stereocenters. The van der Waals surface area contributed by atoms with Crippen LogP contribution in [0.2, 0.25) is 0 Å². The number of sulfonamides is 1. The lowest BCUT2D eigenvalue weighted by atomic mass is 10.1. The molecule has 5 N–H and O–H groups in total. The van der Waals surface area contributed by atoms with E-state index in [2.05, 4.69) is 10.0 Å². The molecule has 1 saturated heterocycles.